The molecule has 0 aromatic heterocycles. The molecule has 0 rings (SSSR count). The van der Waals surface area contributed by atoms with E-state index in [0.717, 1.165) is 18.8 Å². The monoisotopic (exact) mass is 213 g/mol. The predicted octanol–water partition coefficient (Wildman–Crippen LogP) is 2.77. The van der Waals surface area contributed by atoms with E-state index in [1.807, 2.05) is 18.8 Å². The Balaban J connectivity index is 3.43. The lowest BCUT2D eigenvalue weighted by Gasteiger charge is -2.15. The minimum atomic E-state index is 0.632. The quantitative estimate of drug-likeness (QED) is 0.491. The summed E-state index contributed by atoms with van der Waals surface area (Å²) in [5.41, 5.74) is 0. The molecule has 82 valence electrons. The zero-order valence-electron chi connectivity index (χ0n) is 9.68. The van der Waals surface area contributed by atoms with E-state index in [1.54, 1.807) is 0 Å². The molecular weight excluding hydrogens is 190 g/mol. The van der Waals surface area contributed by atoms with Gasteiger partial charge in [0.25, 0.3) is 0 Å². The molecule has 0 bridgehead atoms. The van der Waals surface area contributed by atoms with Gasteiger partial charge < -0.3 is 5.32 Å². The van der Waals surface area contributed by atoms with Crippen molar-refractivity contribution in [2.24, 2.45) is 5.92 Å². The molecule has 0 saturated heterocycles. The van der Waals surface area contributed by atoms with E-state index < -0.39 is 0 Å². The van der Waals surface area contributed by atoms with Gasteiger partial charge in [0.2, 0.25) is 0 Å². The summed E-state index contributed by atoms with van der Waals surface area (Å²) in [5, 5.41) is 3.35. The highest BCUT2D eigenvalue weighted by atomic mass is 32.2. The summed E-state index contributed by atoms with van der Waals surface area (Å²) in [6.07, 6.45) is 8.47. The van der Waals surface area contributed by atoms with Crippen LogP contribution in [0, 0.1) is 18.3 Å². The summed E-state index contributed by atoms with van der Waals surface area (Å²) < 4.78 is 0. The van der Waals surface area contributed by atoms with E-state index in [-0.39, 0.29) is 0 Å². The summed E-state index contributed by atoms with van der Waals surface area (Å²) >= 11 is 2.04. The lowest BCUT2D eigenvalue weighted by Crippen LogP contribution is -2.27. The minimum absolute atomic E-state index is 0.632. The Hall–Kier alpha value is -0.130. The summed E-state index contributed by atoms with van der Waals surface area (Å²) in [7, 11) is 2.04. The Morgan fingerprint density at radius 2 is 2.07 bits per heavy atom. The second kappa shape index (κ2) is 9.43. The fourth-order valence-electron chi connectivity index (χ4n) is 1.21. The number of unbranched alkanes of at least 4 members (excludes halogenated alkanes) is 1. The van der Waals surface area contributed by atoms with Crippen molar-refractivity contribution in [3.8, 4) is 12.3 Å². The Kier molecular flexibility index (Phi) is 9.34. The van der Waals surface area contributed by atoms with Gasteiger partial charge in [-0.2, -0.15) is 11.8 Å². The molecular formula is C12H23NS. The van der Waals surface area contributed by atoms with E-state index in [1.165, 1.54) is 17.9 Å². The predicted molar refractivity (Wildman–Crippen MR) is 67.7 cm³/mol. The molecule has 1 unspecified atom stereocenters. The lowest BCUT2D eigenvalue weighted by molar-refractivity contribution is 0.553. The Morgan fingerprint density at radius 3 is 2.57 bits per heavy atom. The van der Waals surface area contributed by atoms with Gasteiger partial charge in [0.1, 0.15) is 0 Å². The van der Waals surface area contributed by atoms with Crippen molar-refractivity contribution in [3.05, 3.63) is 0 Å². The highest BCUT2D eigenvalue weighted by Gasteiger charge is 2.05. The molecule has 0 amide bonds. The summed E-state index contributed by atoms with van der Waals surface area (Å²) in [6, 6.07) is 0.632. The first-order chi connectivity index (χ1) is 6.70. The summed E-state index contributed by atoms with van der Waals surface area (Å²) in [6.45, 7) is 4.53. The highest BCUT2D eigenvalue weighted by molar-refractivity contribution is 7.99. The van der Waals surface area contributed by atoms with Crippen LogP contribution in [0.5, 0.6) is 0 Å². The number of thioether (sulfide) groups is 1. The van der Waals surface area contributed by atoms with Crippen molar-refractivity contribution >= 4 is 11.8 Å². The van der Waals surface area contributed by atoms with Crippen molar-refractivity contribution in [3.63, 3.8) is 0 Å². The second-order valence-corrected chi connectivity index (χ2v) is 5.09. The average Bonchev–Trinajstić information content (AvgIpc) is 2.15. The van der Waals surface area contributed by atoms with Gasteiger partial charge in [0, 0.05) is 18.2 Å². The third kappa shape index (κ3) is 8.47. The summed E-state index contributed by atoms with van der Waals surface area (Å²) in [4.78, 5) is 0. The first-order valence-electron chi connectivity index (χ1n) is 5.39. The SMILES string of the molecule is C#CCCCC(CSCC(C)C)NC. The zero-order valence-corrected chi connectivity index (χ0v) is 10.5. The third-order valence-electron chi connectivity index (χ3n) is 2.05. The van der Waals surface area contributed by atoms with Crippen molar-refractivity contribution < 1.29 is 0 Å². The molecule has 0 heterocycles. The smallest absolute Gasteiger partial charge is 0.0155 e. The number of hydrogen-bond donors (Lipinski definition) is 1. The molecule has 2 heteroatoms. The topological polar surface area (TPSA) is 12.0 Å². The van der Waals surface area contributed by atoms with Gasteiger partial charge in [0.05, 0.1) is 0 Å². The standard InChI is InChI=1S/C12H23NS/c1-5-6-7-8-12(13-4)10-14-9-11(2)3/h1,11-13H,6-10H2,2-4H3. The van der Waals surface area contributed by atoms with E-state index >= 15 is 0 Å². The maximum absolute atomic E-state index is 5.22. The first-order valence-corrected chi connectivity index (χ1v) is 6.54. The fourth-order valence-corrected chi connectivity index (χ4v) is 2.43. The van der Waals surface area contributed by atoms with E-state index in [2.05, 4.69) is 25.1 Å². The van der Waals surface area contributed by atoms with Gasteiger partial charge in [-0.15, -0.1) is 12.3 Å². The van der Waals surface area contributed by atoms with Crippen LogP contribution in [0.3, 0.4) is 0 Å². The first kappa shape index (κ1) is 13.9. The van der Waals surface area contributed by atoms with E-state index in [9.17, 15) is 0 Å². The van der Waals surface area contributed by atoms with Crippen LogP contribution in [0.2, 0.25) is 0 Å². The molecule has 1 atom stereocenters. The Morgan fingerprint density at radius 1 is 1.36 bits per heavy atom. The molecule has 0 saturated carbocycles. The number of terminal acetylenes is 1. The maximum Gasteiger partial charge on any atom is 0.0155 e. The maximum atomic E-state index is 5.22. The normalized spacial score (nSPS) is 12.8. The zero-order chi connectivity index (χ0) is 10.8. The molecule has 0 spiro atoms. The molecule has 0 aromatic rings. The van der Waals surface area contributed by atoms with Crippen LogP contribution in [0.25, 0.3) is 0 Å². The Labute approximate surface area is 93.4 Å². The van der Waals surface area contributed by atoms with Crippen molar-refractivity contribution in [2.75, 3.05) is 18.6 Å². The fraction of sp³-hybridized carbons (Fsp3) is 0.833. The number of hydrogen-bond acceptors (Lipinski definition) is 2. The minimum Gasteiger partial charge on any atom is -0.316 e. The van der Waals surface area contributed by atoms with Crippen LogP contribution in [-0.4, -0.2) is 24.6 Å². The van der Waals surface area contributed by atoms with Crippen LogP contribution in [0.4, 0.5) is 0 Å². The molecule has 0 aliphatic rings. The molecule has 14 heavy (non-hydrogen) atoms. The van der Waals surface area contributed by atoms with Crippen LogP contribution >= 0.6 is 11.8 Å². The third-order valence-corrected chi connectivity index (χ3v) is 3.59. The van der Waals surface area contributed by atoms with E-state index in [0.29, 0.717) is 6.04 Å². The van der Waals surface area contributed by atoms with E-state index in [4.69, 9.17) is 6.42 Å². The van der Waals surface area contributed by atoms with Gasteiger partial charge in [-0.1, -0.05) is 13.8 Å². The van der Waals surface area contributed by atoms with Crippen LogP contribution in [0.1, 0.15) is 33.1 Å². The molecule has 1 nitrogen and oxygen atoms in total. The van der Waals surface area contributed by atoms with Crippen molar-refractivity contribution in [2.45, 2.75) is 39.2 Å². The molecule has 1 N–H and O–H groups in total. The van der Waals surface area contributed by atoms with Gasteiger partial charge in [-0.3, -0.25) is 0 Å². The molecule has 0 radical (unpaired) electrons. The molecule has 0 aliphatic heterocycles. The summed E-state index contributed by atoms with van der Waals surface area (Å²) in [5.74, 6) is 5.95. The highest BCUT2D eigenvalue weighted by Crippen LogP contribution is 2.11. The van der Waals surface area contributed by atoms with Crippen LogP contribution in [0.15, 0.2) is 0 Å². The van der Waals surface area contributed by atoms with Crippen LogP contribution in [-0.2, 0) is 0 Å². The average molecular weight is 213 g/mol. The number of nitrogens with one attached hydrogen (secondary N) is 1. The lowest BCUT2D eigenvalue weighted by atomic mass is 10.1. The van der Waals surface area contributed by atoms with Crippen LogP contribution < -0.4 is 5.32 Å². The van der Waals surface area contributed by atoms with Crippen molar-refractivity contribution in [1.29, 1.82) is 0 Å². The number of rotatable bonds is 8. The van der Waals surface area contributed by atoms with Crippen molar-refractivity contribution in [1.82, 2.24) is 5.32 Å². The van der Waals surface area contributed by atoms with Gasteiger partial charge in [0.15, 0.2) is 0 Å². The van der Waals surface area contributed by atoms with Gasteiger partial charge in [-0.05, 0) is 31.6 Å². The molecule has 0 aliphatic carbocycles. The Bertz CT molecular complexity index is 160. The largest absolute Gasteiger partial charge is 0.316 e. The second-order valence-electron chi connectivity index (χ2n) is 4.01. The molecule has 0 fully saturated rings. The van der Waals surface area contributed by atoms with Gasteiger partial charge in [-0.25, -0.2) is 0 Å². The van der Waals surface area contributed by atoms with Gasteiger partial charge >= 0.3 is 0 Å². The molecule has 0 aromatic carbocycles.